The van der Waals surface area contributed by atoms with Crippen molar-refractivity contribution < 1.29 is 0 Å². The summed E-state index contributed by atoms with van der Waals surface area (Å²) in [5.74, 6) is 0. The van der Waals surface area contributed by atoms with Crippen LogP contribution in [0.3, 0.4) is 0 Å². The quantitative estimate of drug-likeness (QED) is 0.562. The molecule has 0 aliphatic carbocycles. The fourth-order valence-corrected chi connectivity index (χ4v) is 2.52. The average molecular weight is 372 g/mol. The van der Waals surface area contributed by atoms with E-state index in [9.17, 15) is 0 Å². The molecule has 0 aromatic heterocycles. The smallest absolute Gasteiger partial charge is 0.0562 e. The predicted molar refractivity (Wildman–Crippen MR) is 52.2 cm³/mol. The van der Waals surface area contributed by atoms with E-state index in [0.717, 1.165) is 4.48 Å². The van der Waals surface area contributed by atoms with Gasteiger partial charge in [0.2, 0.25) is 0 Å². The molecule has 0 radical (unpaired) electrons. The van der Waals surface area contributed by atoms with Crippen molar-refractivity contribution in [3.8, 4) is 0 Å². The molecule has 0 fully saturated rings. The molecule has 0 aliphatic heterocycles. The number of halogens is 4. The zero-order valence-electron chi connectivity index (χ0n) is 4.09. The van der Waals surface area contributed by atoms with Gasteiger partial charge in [-0.2, -0.15) is 0 Å². The molecule has 0 aromatic rings. The van der Waals surface area contributed by atoms with E-state index in [-0.39, 0.29) is 2.14 Å². The Morgan fingerprint density at radius 1 is 1.38 bits per heavy atom. The second-order valence-electron chi connectivity index (χ2n) is 1.27. The average Bonchev–Trinajstić information content (AvgIpc) is 1.21. The highest BCUT2D eigenvalue weighted by Gasteiger charge is 2.12. The number of hydrogen-bond acceptors (Lipinski definition) is 0. The lowest BCUT2D eigenvalue weighted by atomic mass is 10.6. The Kier molecular flexibility index (Phi) is 4.51. The van der Waals surface area contributed by atoms with Gasteiger partial charge < -0.3 is 0 Å². The molecule has 0 aromatic carbocycles. The van der Waals surface area contributed by atoms with Crippen molar-refractivity contribution >= 4 is 63.7 Å². The molecule has 0 N–H and O–H groups in total. The number of rotatable bonds is 0. The molecule has 0 saturated carbocycles. The first kappa shape index (κ1) is 9.66. The van der Waals surface area contributed by atoms with E-state index in [1.807, 2.05) is 13.0 Å². The Balaban J connectivity index is 3.89. The molecule has 8 heavy (non-hydrogen) atoms. The van der Waals surface area contributed by atoms with Crippen molar-refractivity contribution in [1.82, 2.24) is 0 Å². The first-order valence-electron chi connectivity index (χ1n) is 1.83. The van der Waals surface area contributed by atoms with Crippen LogP contribution >= 0.6 is 63.7 Å². The van der Waals surface area contributed by atoms with Crippen molar-refractivity contribution in [2.24, 2.45) is 0 Å². The standard InChI is InChI=1S/C4H4Br4/c1-3(5)2-4(6,7)8/h2H,1H3. The lowest BCUT2D eigenvalue weighted by molar-refractivity contribution is 1.56. The molecule has 0 rings (SSSR count). The minimum atomic E-state index is -0.249. The molecular formula is C4H4Br4. The molecule has 4 heteroatoms. The van der Waals surface area contributed by atoms with Gasteiger partial charge in [-0.15, -0.1) is 0 Å². The van der Waals surface area contributed by atoms with Gasteiger partial charge in [0, 0.05) is 0 Å². The minimum absolute atomic E-state index is 0.249. The van der Waals surface area contributed by atoms with Crippen molar-refractivity contribution in [2.75, 3.05) is 0 Å². The Labute approximate surface area is 82.6 Å². The molecule has 0 aliphatic rings. The van der Waals surface area contributed by atoms with Gasteiger partial charge in [-0.3, -0.25) is 0 Å². The van der Waals surface area contributed by atoms with Crippen molar-refractivity contribution in [2.45, 2.75) is 9.07 Å². The van der Waals surface area contributed by atoms with Gasteiger partial charge in [-0.05, 0) is 17.5 Å². The maximum Gasteiger partial charge on any atom is 0.154 e. The van der Waals surface area contributed by atoms with Crippen LogP contribution < -0.4 is 0 Å². The summed E-state index contributed by atoms with van der Waals surface area (Å²) in [5, 5.41) is 0. The molecule has 0 unspecified atom stereocenters. The second-order valence-corrected chi connectivity index (χ2v) is 9.47. The maximum atomic E-state index is 3.31. The summed E-state index contributed by atoms with van der Waals surface area (Å²) < 4.78 is 0.823. The SMILES string of the molecule is CC(Br)=CC(Br)(Br)Br. The molecule has 0 nitrogen and oxygen atoms in total. The van der Waals surface area contributed by atoms with E-state index < -0.39 is 0 Å². The summed E-state index contributed by atoms with van der Waals surface area (Å²) in [6.07, 6.45) is 1.94. The van der Waals surface area contributed by atoms with Gasteiger partial charge in [0.25, 0.3) is 0 Å². The molecule has 0 bridgehead atoms. The topological polar surface area (TPSA) is 0 Å². The molecular weight excluding hydrogens is 368 g/mol. The summed E-state index contributed by atoms with van der Waals surface area (Å²) in [4.78, 5) is 0. The summed E-state index contributed by atoms with van der Waals surface area (Å²) in [6, 6.07) is 0. The second kappa shape index (κ2) is 3.74. The highest BCUT2D eigenvalue weighted by molar-refractivity contribution is 9.39. The van der Waals surface area contributed by atoms with Gasteiger partial charge in [0.15, 0.2) is 2.14 Å². The van der Waals surface area contributed by atoms with Gasteiger partial charge in [0.1, 0.15) is 0 Å². The Morgan fingerprint density at radius 2 is 1.75 bits per heavy atom. The van der Waals surface area contributed by atoms with Crippen molar-refractivity contribution in [1.29, 1.82) is 0 Å². The van der Waals surface area contributed by atoms with E-state index in [1.54, 1.807) is 0 Å². The third-order valence-electron chi connectivity index (χ3n) is 0.363. The molecule has 0 amide bonds. The lowest BCUT2D eigenvalue weighted by Crippen LogP contribution is -1.90. The lowest BCUT2D eigenvalue weighted by Gasteiger charge is -2.03. The van der Waals surface area contributed by atoms with Crippen LogP contribution in [0.2, 0.25) is 0 Å². The van der Waals surface area contributed by atoms with Crippen LogP contribution in [0, 0.1) is 0 Å². The van der Waals surface area contributed by atoms with E-state index in [2.05, 4.69) is 63.7 Å². The fraction of sp³-hybridized carbons (Fsp3) is 0.500. The van der Waals surface area contributed by atoms with Crippen LogP contribution in [0.4, 0.5) is 0 Å². The third kappa shape index (κ3) is 7.66. The monoisotopic (exact) mass is 368 g/mol. The van der Waals surface area contributed by atoms with Gasteiger partial charge in [-0.1, -0.05) is 63.7 Å². The van der Waals surface area contributed by atoms with Crippen LogP contribution in [0.15, 0.2) is 10.6 Å². The molecule has 0 saturated heterocycles. The molecule has 0 spiro atoms. The summed E-state index contributed by atoms with van der Waals surface area (Å²) in [5.41, 5.74) is 0. The first-order valence-corrected chi connectivity index (χ1v) is 5.01. The normalized spacial score (nSPS) is 14.4. The van der Waals surface area contributed by atoms with E-state index in [0.29, 0.717) is 0 Å². The minimum Gasteiger partial charge on any atom is -0.0562 e. The van der Waals surface area contributed by atoms with Crippen LogP contribution in [0.1, 0.15) is 6.92 Å². The molecule has 0 heterocycles. The van der Waals surface area contributed by atoms with Crippen LogP contribution in [0.25, 0.3) is 0 Å². The van der Waals surface area contributed by atoms with Crippen LogP contribution in [-0.2, 0) is 0 Å². The van der Waals surface area contributed by atoms with Gasteiger partial charge >= 0.3 is 0 Å². The molecule has 0 atom stereocenters. The zero-order chi connectivity index (χ0) is 6.78. The largest absolute Gasteiger partial charge is 0.154 e. The van der Waals surface area contributed by atoms with Crippen LogP contribution in [-0.4, -0.2) is 2.14 Å². The van der Waals surface area contributed by atoms with Gasteiger partial charge in [0.05, 0.1) is 0 Å². The van der Waals surface area contributed by atoms with E-state index in [1.165, 1.54) is 0 Å². The highest BCUT2D eigenvalue weighted by Crippen LogP contribution is 2.36. The zero-order valence-corrected chi connectivity index (χ0v) is 10.4. The summed E-state index contributed by atoms with van der Waals surface area (Å²) >= 11 is 13.2. The van der Waals surface area contributed by atoms with Crippen molar-refractivity contribution in [3.63, 3.8) is 0 Å². The number of alkyl halides is 3. The van der Waals surface area contributed by atoms with Gasteiger partial charge in [-0.25, -0.2) is 0 Å². The van der Waals surface area contributed by atoms with E-state index >= 15 is 0 Å². The summed E-state index contributed by atoms with van der Waals surface area (Å²) in [6.45, 7) is 1.96. The van der Waals surface area contributed by atoms with Crippen LogP contribution in [0.5, 0.6) is 0 Å². The maximum absolute atomic E-state index is 3.31. The third-order valence-corrected chi connectivity index (χ3v) is 1.28. The Bertz CT molecular complexity index is 95.1. The summed E-state index contributed by atoms with van der Waals surface area (Å²) in [7, 11) is 0. The fourth-order valence-electron chi connectivity index (χ4n) is 0.226. The predicted octanol–water partition coefficient (Wildman–Crippen LogP) is 4.12. The Morgan fingerprint density at radius 3 is 1.75 bits per heavy atom. The highest BCUT2D eigenvalue weighted by atomic mass is 80.0. The number of hydrogen-bond donors (Lipinski definition) is 0. The van der Waals surface area contributed by atoms with Crippen molar-refractivity contribution in [3.05, 3.63) is 10.6 Å². The number of allylic oxidation sites excluding steroid dienone is 2. The van der Waals surface area contributed by atoms with E-state index in [4.69, 9.17) is 0 Å². The first-order chi connectivity index (χ1) is 3.42. The molecule has 48 valence electrons. The Hall–Kier alpha value is 1.66.